The molecule has 15 heteroatoms. The lowest BCUT2D eigenvalue weighted by molar-refractivity contribution is -0.154. The molecule has 49 heavy (non-hydrogen) atoms. The van der Waals surface area contributed by atoms with Crippen LogP contribution in [-0.4, -0.2) is 72.3 Å². The van der Waals surface area contributed by atoms with E-state index in [1.807, 2.05) is 66.7 Å². The maximum atomic E-state index is 14.2. The van der Waals surface area contributed by atoms with E-state index in [1.165, 1.54) is 28.4 Å². The normalized spacial score (nSPS) is 17.1. The molecule has 1 saturated heterocycles. The minimum atomic E-state index is -0.957. The standard InChI is InChI=1S/C34H29N7O5S3/c1-2-45-39-25(29-38-34(35)49-40-29)30(42)37-26-31(43)41-27(24(20-48-32(26)41)19-47-17-15-21-10-9-16-36-18-21)33(44)46-28(22-11-5-3-6-12-22)23-13-7-4-8-14-23/h3-14,16,18,26,28,32H,2,19-20H2,1H3,(H,37,42)(H2,35,38,40)/b39-25+/t26?,32-/m1/s1. The molecular weight excluding hydrogens is 683 g/mol. The number of hydrogen-bond donors (Lipinski definition) is 2. The summed E-state index contributed by atoms with van der Waals surface area (Å²) in [6, 6.07) is 21.5. The van der Waals surface area contributed by atoms with Gasteiger partial charge in [-0.1, -0.05) is 83.5 Å². The number of esters is 1. The smallest absolute Gasteiger partial charge is 0.356 e. The first kappa shape index (κ1) is 33.7. The van der Waals surface area contributed by atoms with Crippen LogP contribution in [0.2, 0.25) is 0 Å². The first-order chi connectivity index (χ1) is 23.9. The highest BCUT2D eigenvalue weighted by Crippen LogP contribution is 2.42. The first-order valence-electron chi connectivity index (χ1n) is 15.0. The van der Waals surface area contributed by atoms with E-state index >= 15 is 0 Å². The number of benzene rings is 2. The summed E-state index contributed by atoms with van der Waals surface area (Å²) in [4.78, 5) is 56.0. The topological polar surface area (TPSA) is 162 Å². The number of nitrogen functional groups attached to an aromatic ring is 1. The molecule has 0 saturated carbocycles. The monoisotopic (exact) mass is 711 g/mol. The number of carbonyl (C=O) groups excluding carboxylic acids is 3. The van der Waals surface area contributed by atoms with Crippen LogP contribution in [0.25, 0.3) is 0 Å². The van der Waals surface area contributed by atoms with Gasteiger partial charge in [0.2, 0.25) is 11.5 Å². The van der Waals surface area contributed by atoms with Gasteiger partial charge in [-0.3, -0.25) is 19.5 Å². The fourth-order valence-corrected chi connectivity index (χ4v) is 7.62. The number of amides is 2. The van der Waals surface area contributed by atoms with Crippen molar-refractivity contribution in [3.63, 3.8) is 0 Å². The molecule has 1 unspecified atom stereocenters. The molecule has 6 rings (SSSR count). The molecule has 2 amide bonds. The number of nitrogens with zero attached hydrogens (tertiary/aromatic N) is 5. The Morgan fingerprint density at radius 3 is 2.49 bits per heavy atom. The minimum absolute atomic E-state index is 0.0166. The number of carbonyl (C=O) groups is 3. The summed E-state index contributed by atoms with van der Waals surface area (Å²) in [5.41, 5.74) is 8.66. The molecule has 3 N–H and O–H groups in total. The minimum Gasteiger partial charge on any atom is -0.448 e. The van der Waals surface area contributed by atoms with Gasteiger partial charge in [0.1, 0.15) is 23.7 Å². The summed E-state index contributed by atoms with van der Waals surface area (Å²) in [5.74, 6) is 1.95. The van der Waals surface area contributed by atoms with Crippen LogP contribution in [0, 0.1) is 11.2 Å². The molecule has 248 valence electrons. The third-order valence-electron chi connectivity index (χ3n) is 7.29. The molecule has 2 aliphatic heterocycles. The van der Waals surface area contributed by atoms with Gasteiger partial charge in [-0.15, -0.1) is 11.8 Å². The molecule has 2 aromatic heterocycles. The third-order valence-corrected chi connectivity index (χ3v) is 9.91. The van der Waals surface area contributed by atoms with Crippen LogP contribution in [0.5, 0.6) is 0 Å². The lowest BCUT2D eigenvalue weighted by atomic mass is 10.0. The zero-order chi connectivity index (χ0) is 34.2. The lowest BCUT2D eigenvalue weighted by Crippen LogP contribution is -2.71. The average molecular weight is 712 g/mol. The van der Waals surface area contributed by atoms with E-state index in [1.54, 1.807) is 25.4 Å². The molecule has 0 radical (unpaired) electrons. The molecule has 2 aromatic carbocycles. The van der Waals surface area contributed by atoms with Gasteiger partial charge < -0.3 is 20.6 Å². The number of β-lactam (4-membered cyclic amide) rings is 1. The summed E-state index contributed by atoms with van der Waals surface area (Å²) >= 11 is 3.64. The van der Waals surface area contributed by atoms with Crippen LogP contribution >= 0.6 is 35.1 Å². The fraction of sp³-hybridized carbons (Fsp3) is 0.206. The van der Waals surface area contributed by atoms with Gasteiger partial charge in [0.05, 0.1) is 0 Å². The van der Waals surface area contributed by atoms with E-state index < -0.39 is 35.3 Å². The summed E-state index contributed by atoms with van der Waals surface area (Å²) in [5, 5.41) is 9.23. The summed E-state index contributed by atoms with van der Waals surface area (Å²) in [7, 11) is 0. The fourth-order valence-electron chi connectivity index (χ4n) is 5.04. The number of nitrogens with one attached hydrogen (secondary N) is 1. The third kappa shape index (κ3) is 7.78. The number of aromatic nitrogens is 3. The Labute approximate surface area is 294 Å². The summed E-state index contributed by atoms with van der Waals surface area (Å²) < 4.78 is 10.3. The van der Waals surface area contributed by atoms with Gasteiger partial charge >= 0.3 is 5.97 Å². The van der Waals surface area contributed by atoms with Crippen molar-refractivity contribution in [2.24, 2.45) is 5.16 Å². The van der Waals surface area contributed by atoms with E-state index in [2.05, 4.69) is 36.0 Å². The molecule has 1 fully saturated rings. The van der Waals surface area contributed by atoms with Crippen LogP contribution in [-0.2, 0) is 24.0 Å². The van der Waals surface area contributed by atoms with Crippen molar-refractivity contribution in [1.82, 2.24) is 24.6 Å². The molecule has 0 spiro atoms. The second-order valence-corrected chi connectivity index (χ2v) is 13.2. The van der Waals surface area contributed by atoms with Crippen molar-refractivity contribution in [3.05, 3.63) is 119 Å². The number of nitrogens with two attached hydrogens (primary N) is 1. The number of fused-ring (bicyclic) bond motifs is 1. The van der Waals surface area contributed by atoms with Gasteiger partial charge in [-0.2, -0.15) is 9.36 Å². The number of hydrogen-bond acceptors (Lipinski definition) is 13. The Balaban J connectivity index is 1.27. The molecule has 0 bridgehead atoms. The van der Waals surface area contributed by atoms with Gasteiger partial charge in [0.25, 0.3) is 11.8 Å². The van der Waals surface area contributed by atoms with Gasteiger partial charge in [-0.05, 0) is 41.0 Å². The first-order valence-corrected chi connectivity index (χ1v) is 17.9. The van der Waals surface area contributed by atoms with Crippen molar-refractivity contribution in [1.29, 1.82) is 0 Å². The van der Waals surface area contributed by atoms with Crippen LogP contribution in [0.4, 0.5) is 5.13 Å². The average Bonchev–Trinajstić information content (AvgIpc) is 3.57. The van der Waals surface area contributed by atoms with Crippen molar-refractivity contribution < 1.29 is 24.0 Å². The molecule has 4 heterocycles. The summed E-state index contributed by atoms with van der Waals surface area (Å²) in [6.45, 7) is 1.91. The van der Waals surface area contributed by atoms with Gasteiger partial charge in [0, 0.05) is 41.0 Å². The second kappa shape index (κ2) is 15.8. The summed E-state index contributed by atoms with van der Waals surface area (Å²) in [6.07, 6.45) is 2.62. The quantitative estimate of drug-likeness (QED) is 0.0761. The number of thioether (sulfide) groups is 2. The van der Waals surface area contributed by atoms with E-state index in [4.69, 9.17) is 15.3 Å². The number of anilines is 1. The van der Waals surface area contributed by atoms with E-state index in [0.29, 0.717) is 17.1 Å². The SMILES string of the molecule is CCO/N=C(/C(=O)NC1C(=O)N2C(C(=O)OC(c3ccccc3)c3ccccc3)=C(CSC#Cc3cccnc3)CS[C@H]12)c1nsc(N)n1. The van der Waals surface area contributed by atoms with Crippen LogP contribution in [0.15, 0.2) is 102 Å². The highest BCUT2D eigenvalue weighted by molar-refractivity contribution is 8.04. The molecule has 4 aromatic rings. The number of pyridine rings is 1. The van der Waals surface area contributed by atoms with Crippen molar-refractivity contribution in [2.75, 3.05) is 23.8 Å². The Morgan fingerprint density at radius 1 is 1.12 bits per heavy atom. The maximum Gasteiger partial charge on any atom is 0.356 e. The zero-order valence-electron chi connectivity index (χ0n) is 26.0. The van der Waals surface area contributed by atoms with Crippen LogP contribution in [0.3, 0.4) is 0 Å². The van der Waals surface area contributed by atoms with Crippen molar-refractivity contribution in [3.8, 4) is 11.2 Å². The highest BCUT2D eigenvalue weighted by atomic mass is 32.2. The Morgan fingerprint density at radius 2 is 1.86 bits per heavy atom. The Kier molecular flexibility index (Phi) is 10.9. The predicted octanol–water partition coefficient (Wildman–Crippen LogP) is 3.99. The second-order valence-electron chi connectivity index (χ2n) is 10.5. The molecule has 12 nitrogen and oxygen atoms in total. The molecule has 2 aliphatic rings. The lowest BCUT2D eigenvalue weighted by Gasteiger charge is -2.49. The predicted molar refractivity (Wildman–Crippen MR) is 189 cm³/mol. The van der Waals surface area contributed by atoms with Crippen molar-refractivity contribution >= 4 is 63.7 Å². The Hall–Kier alpha value is -5.17. The largest absolute Gasteiger partial charge is 0.448 e. The number of ether oxygens (including phenoxy) is 1. The van der Waals surface area contributed by atoms with E-state index in [0.717, 1.165) is 28.2 Å². The molecular formula is C34H29N7O5S3. The van der Waals surface area contributed by atoms with Gasteiger partial charge in [0.15, 0.2) is 11.2 Å². The van der Waals surface area contributed by atoms with Crippen LogP contribution in [0.1, 0.15) is 35.5 Å². The van der Waals surface area contributed by atoms with Crippen molar-refractivity contribution in [2.45, 2.75) is 24.4 Å². The molecule has 0 aliphatic carbocycles. The van der Waals surface area contributed by atoms with Gasteiger partial charge in [-0.25, -0.2) is 4.79 Å². The maximum absolute atomic E-state index is 14.2. The highest BCUT2D eigenvalue weighted by Gasteiger charge is 2.55. The number of oxime groups is 1. The van der Waals surface area contributed by atoms with E-state index in [9.17, 15) is 14.4 Å². The number of rotatable bonds is 11. The Bertz CT molecular complexity index is 1910. The molecule has 2 atom stereocenters. The van der Waals surface area contributed by atoms with Crippen LogP contribution < -0.4 is 11.1 Å². The van der Waals surface area contributed by atoms with E-state index in [-0.39, 0.29) is 29.0 Å². The zero-order valence-corrected chi connectivity index (χ0v) is 28.5.